The van der Waals surface area contributed by atoms with Crippen LogP contribution < -0.4 is 0 Å². The number of rotatable bonds is 3. The van der Waals surface area contributed by atoms with Crippen LogP contribution in [0.2, 0.25) is 0 Å². The van der Waals surface area contributed by atoms with Crippen molar-refractivity contribution in [3.05, 3.63) is 53.3 Å². The standard InChI is InChI=1S/C17H19N3O3/c1-12-3-2-4-13(9-12)16(21)19-7-5-15(6-8-19)20-11-14(10-18-20)17(22)23/h2-4,9-11,15H,5-8H2,1H3,(H,22,23). The largest absolute Gasteiger partial charge is 0.478 e. The molecule has 0 unspecified atom stereocenters. The number of aromatic nitrogens is 2. The summed E-state index contributed by atoms with van der Waals surface area (Å²) in [4.78, 5) is 25.3. The fraction of sp³-hybridized carbons (Fsp3) is 0.353. The summed E-state index contributed by atoms with van der Waals surface area (Å²) in [7, 11) is 0. The molecule has 1 aliphatic heterocycles. The number of carbonyl (C=O) groups excluding carboxylic acids is 1. The number of hydrogen-bond donors (Lipinski definition) is 1. The number of carboxylic acids is 1. The monoisotopic (exact) mass is 313 g/mol. The summed E-state index contributed by atoms with van der Waals surface area (Å²) in [6.07, 6.45) is 4.48. The van der Waals surface area contributed by atoms with E-state index in [4.69, 9.17) is 5.11 Å². The average molecular weight is 313 g/mol. The fourth-order valence-electron chi connectivity index (χ4n) is 2.94. The summed E-state index contributed by atoms with van der Waals surface area (Å²) >= 11 is 0. The average Bonchev–Trinajstić information content (AvgIpc) is 3.04. The lowest BCUT2D eigenvalue weighted by molar-refractivity contribution is 0.0688. The highest BCUT2D eigenvalue weighted by atomic mass is 16.4. The van der Waals surface area contributed by atoms with Crippen molar-refractivity contribution in [1.82, 2.24) is 14.7 Å². The van der Waals surface area contributed by atoms with Gasteiger partial charge in [0.05, 0.1) is 17.8 Å². The molecule has 1 saturated heterocycles. The third-order valence-corrected chi connectivity index (χ3v) is 4.24. The number of nitrogens with zero attached hydrogens (tertiary/aromatic N) is 3. The zero-order valence-corrected chi connectivity index (χ0v) is 13.0. The molecule has 0 aliphatic carbocycles. The second-order valence-electron chi connectivity index (χ2n) is 5.91. The molecule has 1 aromatic carbocycles. The van der Waals surface area contributed by atoms with E-state index in [9.17, 15) is 9.59 Å². The van der Waals surface area contributed by atoms with Gasteiger partial charge in [-0.1, -0.05) is 17.7 Å². The van der Waals surface area contributed by atoms with Crippen molar-refractivity contribution in [1.29, 1.82) is 0 Å². The van der Waals surface area contributed by atoms with Crippen molar-refractivity contribution in [3.63, 3.8) is 0 Å². The lowest BCUT2D eigenvalue weighted by Crippen LogP contribution is -2.39. The fourth-order valence-corrected chi connectivity index (χ4v) is 2.94. The third-order valence-electron chi connectivity index (χ3n) is 4.24. The van der Waals surface area contributed by atoms with Crippen LogP contribution >= 0.6 is 0 Å². The maximum atomic E-state index is 12.5. The first-order valence-corrected chi connectivity index (χ1v) is 7.68. The Hall–Kier alpha value is -2.63. The van der Waals surface area contributed by atoms with E-state index in [2.05, 4.69) is 5.10 Å². The predicted molar refractivity (Wildman–Crippen MR) is 84.5 cm³/mol. The lowest BCUT2D eigenvalue weighted by Gasteiger charge is -2.32. The van der Waals surface area contributed by atoms with Crippen LogP contribution in [0.15, 0.2) is 36.7 Å². The molecule has 2 aromatic rings. The summed E-state index contributed by atoms with van der Waals surface area (Å²) in [6.45, 7) is 3.28. The van der Waals surface area contributed by atoms with Crippen LogP contribution in [-0.4, -0.2) is 44.8 Å². The molecule has 0 atom stereocenters. The molecule has 1 amide bonds. The molecule has 1 fully saturated rings. The van der Waals surface area contributed by atoms with Crippen LogP contribution in [0.3, 0.4) is 0 Å². The predicted octanol–water partition coefficient (Wildman–Crippen LogP) is 2.37. The zero-order chi connectivity index (χ0) is 16.4. The summed E-state index contributed by atoms with van der Waals surface area (Å²) in [5.74, 6) is -0.915. The van der Waals surface area contributed by atoms with Crippen LogP contribution in [-0.2, 0) is 0 Å². The topological polar surface area (TPSA) is 75.4 Å². The summed E-state index contributed by atoms with van der Waals surface area (Å²) < 4.78 is 1.71. The minimum Gasteiger partial charge on any atom is -0.478 e. The normalized spacial score (nSPS) is 15.6. The second kappa shape index (κ2) is 6.24. The zero-order valence-electron chi connectivity index (χ0n) is 13.0. The number of carboxylic acid groups (broad SMARTS) is 1. The van der Waals surface area contributed by atoms with E-state index in [0.717, 1.165) is 24.0 Å². The van der Waals surface area contributed by atoms with Gasteiger partial charge < -0.3 is 10.0 Å². The van der Waals surface area contributed by atoms with E-state index in [1.807, 2.05) is 36.1 Å². The molecule has 23 heavy (non-hydrogen) atoms. The number of likely N-dealkylation sites (tertiary alicyclic amines) is 1. The summed E-state index contributed by atoms with van der Waals surface area (Å²) in [5, 5.41) is 13.1. The highest BCUT2D eigenvalue weighted by molar-refractivity contribution is 5.94. The van der Waals surface area contributed by atoms with Crippen molar-refractivity contribution in [2.75, 3.05) is 13.1 Å². The highest BCUT2D eigenvalue weighted by Gasteiger charge is 2.25. The van der Waals surface area contributed by atoms with Gasteiger partial charge in [-0.05, 0) is 31.9 Å². The Balaban J connectivity index is 1.63. The van der Waals surface area contributed by atoms with Gasteiger partial charge in [0.15, 0.2) is 0 Å². The van der Waals surface area contributed by atoms with Gasteiger partial charge in [-0.3, -0.25) is 9.48 Å². The Kier molecular flexibility index (Phi) is 4.14. The second-order valence-corrected chi connectivity index (χ2v) is 5.91. The molecule has 0 radical (unpaired) electrons. The van der Waals surface area contributed by atoms with E-state index < -0.39 is 5.97 Å². The van der Waals surface area contributed by atoms with Gasteiger partial charge in [-0.2, -0.15) is 5.10 Å². The number of aromatic carboxylic acids is 1. The molecular weight excluding hydrogens is 294 g/mol. The van der Waals surface area contributed by atoms with Crippen molar-refractivity contribution in [2.45, 2.75) is 25.8 Å². The highest BCUT2D eigenvalue weighted by Crippen LogP contribution is 2.23. The molecule has 1 aliphatic rings. The molecule has 0 saturated carbocycles. The van der Waals surface area contributed by atoms with E-state index in [-0.39, 0.29) is 17.5 Å². The molecule has 1 aromatic heterocycles. The molecule has 0 spiro atoms. The number of aryl methyl sites for hydroxylation is 1. The van der Waals surface area contributed by atoms with Crippen molar-refractivity contribution < 1.29 is 14.7 Å². The third kappa shape index (κ3) is 3.26. The van der Waals surface area contributed by atoms with Gasteiger partial charge in [0.2, 0.25) is 0 Å². The molecule has 3 rings (SSSR count). The molecule has 6 nitrogen and oxygen atoms in total. The Morgan fingerprint density at radius 1 is 1.22 bits per heavy atom. The minimum absolute atomic E-state index is 0.0545. The molecule has 0 bridgehead atoms. The smallest absolute Gasteiger partial charge is 0.338 e. The van der Waals surface area contributed by atoms with Gasteiger partial charge >= 0.3 is 5.97 Å². The van der Waals surface area contributed by atoms with Crippen molar-refractivity contribution in [3.8, 4) is 0 Å². The van der Waals surface area contributed by atoms with E-state index >= 15 is 0 Å². The minimum atomic E-state index is -0.969. The van der Waals surface area contributed by atoms with Gasteiger partial charge in [-0.25, -0.2) is 4.79 Å². The van der Waals surface area contributed by atoms with E-state index in [0.29, 0.717) is 13.1 Å². The molecule has 6 heteroatoms. The van der Waals surface area contributed by atoms with E-state index in [1.165, 1.54) is 6.20 Å². The summed E-state index contributed by atoms with van der Waals surface area (Å²) in [5.41, 5.74) is 1.99. The molecule has 120 valence electrons. The van der Waals surface area contributed by atoms with Crippen LogP contribution in [0, 0.1) is 6.92 Å². The van der Waals surface area contributed by atoms with Crippen LogP contribution in [0.4, 0.5) is 0 Å². The molecule has 1 N–H and O–H groups in total. The van der Waals surface area contributed by atoms with Gasteiger partial charge in [0.25, 0.3) is 5.91 Å². The Labute approximate surface area is 134 Å². The molecule has 2 heterocycles. The quantitative estimate of drug-likeness (QED) is 0.944. The SMILES string of the molecule is Cc1cccc(C(=O)N2CCC(n3cc(C(=O)O)cn3)CC2)c1. The first-order valence-electron chi connectivity index (χ1n) is 7.68. The van der Waals surface area contributed by atoms with Crippen LogP contribution in [0.5, 0.6) is 0 Å². The van der Waals surface area contributed by atoms with E-state index in [1.54, 1.807) is 10.9 Å². The lowest BCUT2D eigenvalue weighted by atomic mass is 10.0. The van der Waals surface area contributed by atoms with Crippen molar-refractivity contribution >= 4 is 11.9 Å². The molecular formula is C17H19N3O3. The van der Waals surface area contributed by atoms with Crippen molar-refractivity contribution in [2.24, 2.45) is 0 Å². The first-order chi connectivity index (χ1) is 11.0. The van der Waals surface area contributed by atoms with Gasteiger partial charge in [0, 0.05) is 24.8 Å². The van der Waals surface area contributed by atoms with Crippen LogP contribution in [0.1, 0.15) is 45.2 Å². The maximum Gasteiger partial charge on any atom is 0.338 e. The Bertz CT molecular complexity index is 730. The number of carbonyl (C=O) groups is 2. The van der Waals surface area contributed by atoms with Gasteiger partial charge in [0.1, 0.15) is 0 Å². The number of hydrogen-bond acceptors (Lipinski definition) is 3. The number of piperidine rings is 1. The number of benzene rings is 1. The van der Waals surface area contributed by atoms with Crippen LogP contribution in [0.25, 0.3) is 0 Å². The first kappa shape index (κ1) is 15.3. The Morgan fingerprint density at radius 3 is 2.57 bits per heavy atom. The summed E-state index contributed by atoms with van der Waals surface area (Å²) in [6, 6.07) is 7.76. The van der Waals surface area contributed by atoms with Gasteiger partial charge in [-0.15, -0.1) is 0 Å². The number of amides is 1. The maximum absolute atomic E-state index is 12.5. The Morgan fingerprint density at radius 2 is 1.96 bits per heavy atom.